The third-order valence-corrected chi connectivity index (χ3v) is 4.03. The Morgan fingerprint density at radius 2 is 1.79 bits per heavy atom. The summed E-state index contributed by atoms with van der Waals surface area (Å²) < 4.78 is 0. The molecule has 0 aliphatic carbocycles. The Labute approximate surface area is 142 Å². The fourth-order valence-corrected chi connectivity index (χ4v) is 2.84. The molecule has 0 radical (unpaired) electrons. The largest absolute Gasteiger partial charge is 0.478 e. The summed E-state index contributed by atoms with van der Waals surface area (Å²) in [7, 11) is 0. The molecular formula is C20H23NO3. The van der Waals surface area contributed by atoms with Crippen molar-refractivity contribution in [2.24, 2.45) is 0 Å². The minimum absolute atomic E-state index is 0.0177. The van der Waals surface area contributed by atoms with Gasteiger partial charge in [-0.2, -0.15) is 0 Å². The molecule has 0 fully saturated rings. The highest BCUT2D eigenvalue weighted by Crippen LogP contribution is 2.13. The van der Waals surface area contributed by atoms with Gasteiger partial charge in [0.05, 0.1) is 12.0 Å². The van der Waals surface area contributed by atoms with E-state index in [0.717, 1.165) is 6.42 Å². The van der Waals surface area contributed by atoms with Gasteiger partial charge in [0, 0.05) is 6.04 Å². The molecule has 1 amide bonds. The Hall–Kier alpha value is -2.62. The second-order valence-corrected chi connectivity index (χ2v) is 6.24. The van der Waals surface area contributed by atoms with Crippen LogP contribution in [0.4, 0.5) is 0 Å². The van der Waals surface area contributed by atoms with Crippen molar-refractivity contribution >= 4 is 11.9 Å². The van der Waals surface area contributed by atoms with Gasteiger partial charge in [0.15, 0.2) is 0 Å². The molecule has 0 bridgehead atoms. The number of aromatic carboxylic acids is 1. The summed E-state index contributed by atoms with van der Waals surface area (Å²) in [5.74, 6) is -1.18. The van der Waals surface area contributed by atoms with E-state index in [9.17, 15) is 14.7 Å². The number of rotatable bonds is 6. The van der Waals surface area contributed by atoms with Crippen LogP contribution in [-0.2, 0) is 17.6 Å². The molecular weight excluding hydrogens is 302 g/mol. The smallest absolute Gasteiger partial charge is 0.335 e. The van der Waals surface area contributed by atoms with Crippen LogP contribution in [-0.4, -0.2) is 23.0 Å². The molecule has 0 aliphatic heterocycles. The molecule has 4 heteroatoms. The highest BCUT2D eigenvalue weighted by Gasteiger charge is 2.14. The van der Waals surface area contributed by atoms with Gasteiger partial charge in [-0.3, -0.25) is 4.79 Å². The molecule has 0 saturated heterocycles. The first-order chi connectivity index (χ1) is 11.4. The summed E-state index contributed by atoms with van der Waals surface area (Å²) in [4.78, 5) is 23.4. The molecule has 24 heavy (non-hydrogen) atoms. The van der Waals surface area contributed by atoms with Crippen LogP contribution in [0.15, 0.2) is 42.5 Å². The van der Waals surface area contributed by atoms with Crippen molar-refractivity contribution in [2.45, 2.75) is 39.7 Å². The van der Waals surface area contributed by atoms with E-state index < -0.39 is 5.97 Å². The van der Waals surface area contributed by atoms with E-state index in [-0.39, 0.29) is 23.9 Å². The van der Waals surface area contributed by atoms with Crippen LogP contribution in [0.25, 0.3) is 0 Å². The number of benzene rings is 2. The summed E-state index contributed by atoms with van der Waals surface area (Å²) >= 11 is 0. The van der Waals surface area contributed by atoms with Crippen molar-refractivity contribution in [1.29, 1.82) is 0 Å². The van der Waals surface area contributed by atoms with Crippen molar-refractivity contribution in [2.75, 3.05) is 0 Å². The highest BCUT2D eigenvalue weighted by molar-refractivity contribution is 5.91. The van der Waals surface area contributed by atoms with E-state index in [1.54, 1.807) is 18.2 Å². The van der Waals surface area contributed by atoms with E-state index in [4.69, 9.17) is 0 Å². The third kappa shape index (κ3) is 4.69. The maximum absolute atomic E-state index is 12.2. The van der Waals surface area contributed by atoms with Crippen molar-refractivity contribution in [3.05, 3.63) is 70.3 Å². The summed E-state index contributed by atoms with van der Waals surface area (Å²) in [6.07, 6.45) is 0.818. The van der Waals surface area contributed by atoms with Crippen LogP contribution >= 0.6 is 0 Å². The molecule has 2 N–H and O–H groups in total. The number of carbonyl (C=O) groups excluding carboxylic acids is 1. The fourth-order valence-electron chi connectivity index (χ4n) is 2.84. The normalized spacial score (nSPS) is 11.8. The Morgan fingerprint density at radius 3 is 2.46 bits per heavy atom. The van der Waals surface area contributed by atoms with Gasteiger partial charge in [0.25, 0.3) is 0 Å². The number of carboxylic acid groups (broad SMARTS) is 1. The van der Waals surface area contributed by atoms with Gasteiger partial charge >= 0.3 is 5.97 Å². The average Bonchev–Trinajstić information content (AvgIpc) is 2.50. The lowest BCUT2D eigenvalue weighted by Crippen LogP contribution is -2.35. The Kier molecular flexibility index (Phi) is 5.74. The minimum Gasteiger partial charge on any atom is -0.478 e. The van der Waals surface area contributed by atoms with Crippen LogP contribution in [0.5, 0.6) is 0 Å². The van der Waals surface area contributed by atoms with Crippen LogP contribution in [0.2, 0.25) is 0 Å². The van der Waals surface area contributed by atoms with Gasteiger partial charge in [0.2, 0.25) is 5.91 Å². The van der Waals surface area contributed by atoms with Gasteiger partial charge in [-0.1, -0.05) is 42.0 Å². The van der Waals surface area contributed by atoms with Crippen molar-refractivity contribution in [3.8, 4) is 0 Å². The van der Waals surface area contributed by atoms with Gasteiger partial charge in [-0.05, 0) is 49.9 Å². The second-order valence-electron chi connectivity index (χ2n) is 6.24. The number of carbonyl (C=O) groups is 2. The molecule has 2 aromatic rings. The van der Waals surface area contributed by atoms with Crippen molar-refractivity contribution < 1.29 is 14.7 Å². The SMILES string of the molecule is Cc1ccc(CC(C)NC(=O)Cc2ccccc2C(=O)O)c(C)c1. The monoisotopic (exact) mass is 325 g/mol. The fraction of sp³-hybridized carbons (Fsp3) is 0.300. The molecule has 2 aromatic carbocycles. The van der Waals surface area contributed by atoms with E-state index in [2.05, 4.69) is 37.4 Å². The number of amides is 1. The lowest BCUT2D eigenvalue weighted by molar-refractivity contribution is -0.121. The van der Waals surface area contributed by atoms with Crippen LogP contribution in [0.1, 0.15) is 39.5 Å². The first-order valence-corrected chi connectivity index (χ1v) is 8.03. The molecule has 1 unspecified atom stereocenters. The zero-order valence-electron chi connectivity index (χ0n) is 14.3. The summed E-state index contributed by atoms with van der Waals surface area (Å²) in [6.45, 7) is 6.09. The molecule has 126 valence electrons. The van der Waals surface area contributed by atoms with Gasteiger partial charge < -0.3 is 10.4 Å². The zero-order chi connectivity index (χ0) is 17.7. The lowest BCUT2D eigenvalue weighted by atomic mass is 9.99. The first kappa shape index (κ1) is 17.7. The summed E-state index contributed by atoms with van der Waals surface area (Å²) in [5, 5.41) is 12.1. The van der Waals surface area contributed by atoms with Crippen LogP contribution < -0.4 is 5.32 Å². The quantitative estimate of drug-likeness (QED) is 0.856. The Morgan fingerprint density at radius 1 is 1.08 bits per heavy atom. The molecule has 0 heterocycles. The standard InChI is InChI=1S/C20H23NO3/c1-13-8-9-16(14(2)10-13)11-15(3)21-19(22)12-17-6-4-5-7-18(17)20(23)24/h4-10,15H,11-12H2,1-3H3,(H,21,22)(H,23,24). The maximum atomic E-state index is 12.2. The third-order valence-electron chi connectivity index (χ3n) is 4.03. The van der Waals surface area contributed by atoms with Crippen molar-refractivity contribution in [1.82, 2.24) is 5.32 Å². The van der Waals surface area contributed by atoms with Crippen LogP contribution in [0.3, 0.4) is 0 Å². The maximum Gasteiger partial charge on any atom is 0.335 e. The predicted molar refractivity (Wildman–Crippen MR) is 94.3 cm³/mol. The first-order valence-electron chi connectivity index (χ1n) is 8.03. The molecule has 0 aliphatic rings. The number of nitrogens with one attached hydrogen (secondary N) is 1. The van der Waals surface area contributed by atoms with E-state index in [0.29, 0.717) is 5.56 Å². The topological polar surface area (TPSA) is 66.4 Å². The van der Waals surface area contributed by atoms with Gasteiger partial charge in [-0.25, -0.2) is 4.79 Å². The van der Waals surface area contributed by atoms with E-state index >= 15 is 0 Å². The minimum atomic E-state index is -1.01. The predicted octanol–water partition coefficient (Wildman–Crippen LogP) is 3.29. The highest BCUT2D eigenvalue weighted by atomic mass is 16.4. The molecule has 2 rings (SSSR count). The lowest BCUT2D eigenvalue weighted by Gasteiger charge is -2.16. The van der Waals surface area contributed by atoms with E-state index in [1.165, 1.54) is 22.8 Å². The summed E-state index contributed by atoms with van der Waals surface area (Å²) in [6, 6.07) is 12.9. The summed E-state index contributed by atoms with van der Waals surface area (Å²) in [5.41, 5.74) is 4.35. The van der Waals surface area contributed by atoms with Crippen molar-refractivity contribution in [3.63, 3.8) is 0 Å². The number of carboxylic acids is 1. The van der Waals surface area contributed by atoms with E-state index in [1.807, 2.05) is 6.92 Å². The number of aryl methyl sites for hydroxylation is 2. The zero-order valence-corrected chi connectivity index (χ0v) is 14.3. The van der Waals surface area contributed by atoms with Crippen LogP contribution in [0, 0.1) is 13.8 Å². The number of hydrogen-bond donors (Lipinski definition) is 2. The molecule has 0 spiro atoms. The van der Waals surface area contributed by atoms with Gasteiger partial charge in [0.1, 0.15) is 0 Å². The van der Waals surface area contributed by atoms with Gasteiger partial charge in [-0.15, -0.1) is 0 Å². The molecule has 1 atom stereocenters. The Bertz CT molecular complexity index is 752. The Balaban J connectivity index is 1.98. The molecule has 0 aromatic heterocycles. The average molecular weight is 325 g/mol. The molecule has 0 saturated carbocycles. The number of hydrogen-bond acceptors (Lipinski definition) is 2. The second kappa shape index (κ2) is 7.77. The molecule has 4 nitrogen and oxygen atoms in total.